The highest BCUT2D eigenvalue weighted by Gasteiger charge is 1.94. The van der Waals surface area contributed by atoms with Crippen molar-refractivity contribution >= 4 is 0 Å². The van der Waals surface area contributed by atoms with Crippen LogP contribution in [0.1, 0.15) is 72.1 Å². The molecule has 0 rings (SSSR count). The van der Waals surface area contributed by atoms with E-state index in [-0.39, 0.29) is 6.10 Å². The highest BCUT2D eigenvalue weighted by Crippen LogP contribution is 2.08. The van der Waals surface area contributed by atoms with Crippen molar-refractivity contribution in [3.05, 3.63) is 0 Å². The second kappa shape index (κ2) is 16.9. The van der Waals surface area contributed by atoms with Gasteiger partial charge in [0.15, 0.2) is 0 Å². The van der Waals surface area contributed by atoms with E-state index in [0.717, 1.165) is 6.61 Å². The zero-order chi connectivity index (χ0) is 14.9. The maximum absolute atomic E-state index is 5.54. The summed E-state index contributed by atoms with van der Waals surface area (Å²) in [5.74, 6) is 0. The zero-order valence-corrected chi connectivity index (χ0v) is 14.0. The van der Waals surface area contributed by atoms with Gasteiger partial charge in [-0.25, -0.2) is 0 Å². The Morgan fingerprint density at radius 2 is 1.10 bits per heavy atom. The Kier molecular flexibility index (Phi) is 16.8. The van der Waals surface area contributed by atoms with Gasteiger partial charge >= 0.3 is 0 Å². The molecule has 0 atom stereocenters. The first-order valence-electron chi connectivity index (χ1n) is 8.54. The molecule has 0 N–H and O–H groups in total. The number of hydrogen-bond acceptors (Lipinski definition) is 3. The van der Waals surface area contributed by atoms with Crippen molar-refractivity contribution in [3.63, 3.8) is 0 Å². The largest absolute Gasteiger partial charge is 0.379 e. The van der Waals surface area contributed by atoms with Crippen molar-refractivity contribution in [3.8, 4) is 0 Å². The van der Waals surface area contributed by atoms with E-state index in [9.17, 15) is 0 Å². The van der Waals surface area contributed by atoms with Crippen LogP contribution in [-0.2, 0) is 14.2 Å². The molecule has 0 bridgehead atoms. The molecule has 0 saturated heterocycles. The Labute approximate surface area is 126 Å². The fourth-order valence-corrected chi connectivity index (χ4v) is 2.00. The highest BCUT2D eigenvalue weighted by molar-refractivity contribution is 4.46. The first kappa shape index (κ1) is 19.9. The second-order valence-electron chi connectivity index (χ2n) is 5.62. The van der Waals surface area contributed by atoms with Crippen molar-refractivity contribution in [2.24, 2.45) is 0 Å². The van der Waals surface area contributed by atoms with E-state index >= 15 is 0 Å². The van der Waals surface area contributed by atoms with E-state index in [0.29, 0.717) is 26.4 Å². The number of ether oxygens (including phenoxy) is 3. The van der Waals surface area contributed by atoms with Gasteiger partial charge < -0.3 is 14.2 Å². The summed E-state index contributed by atoms with van der Waals surface area (Å²) in [5, 5.41) is 0. The summed E-state index contributed by atoms with van der Waals surface area (Å²) >= 11 is 0. The van der Waals surface area contributed by atoms with Crippen LogP contribution in [0.3, 0.4) is 0 Å². The summed E-state index contributed by atoms with van der Waals surface area (Å²) in [7, 11) is 0. The highest BCUT2D eigenvalue weighted by atomic mass is 16.5. The molecular formula is C17H36O3. The van der Waals surface area contributed by atoms with E-state index in [1.54, 1.807) is 0 Å². The monoisotopic (exact) mass is 288 g/mol. The minimum absolute atomic E-state index is 0.289. The predicted octanol–water partition coefficient (Wildman–Crippen LogP) is 4.59. The third-order valence-electron chi connectivity index (χ3n) is 3.19. The van der Waals surface area contributed by atoms with Crippen LogP contribution in [0.15, 0.2) is 0 Å². The van der Waals surface area contributed by atoms with Gasteiger partial charge in [0, 0.05) is 6.61 Å². The second-order valence-corrected chi connectivity index (χ2v) is 5.62. The Balaban J connectivity index is 2.92. The summed E-state index contributed by atoms with van der Waals surface area (Å²) in [6.07, 6.45) is 11.1. The fourth-order valence-electron chi connectivity index (χ4n) is 2.00. The lowest BCUT2D eigenvalue weighted by atomic mass is 10.1. The molecule has 20 heavy (non-hydrogen) atoms. The molecular weight excluding hydrogens is 252 g/mol. The van der Waals surface area contributed by atoms with Crippen molar-refractivity contribution in [2.45, 2.75) is 78.2 Å². The maximum Gasteiger partial charge on any atom is 0.0703 e. The third-order valence-corrected chi connectivity index (χ3v) is 3.19. The van der Waals surface area contributed by atoms with Gasteiger partial charge in [0.05, 0.1) is 32.5 Å². The quantitative estimate of drug-likeness (QED) is 0.389. The first-order valence-corrected chi connectivity index (χ1v) is 8.54. The molecule has 0 aromatic heterocycles. The van der Waals surface area contributed by atoms with Gasteiger partial charge in [-0.1, -0.05) is 51.9 Å². The Morgan fingerprint density at radius 1 is 0.600 bits per heavy atom. The lowest BCUT2D eigenvalue weighted by Gasteiger charge is -2.08. The molecule has 0 aliphatic heterocycles. The Bertz CT molecular complexity index is 172. The molecule has 0 saturated carbocycles. The van der Waals surface area contributed by atoms with Crippen molar-refractivity contribution < 1.29 is 14.2 Å². The predicted molar refractivity (Wildman–Crippen MR) is 85.3 cm³/mol. The first-order chi connectivity index (χ1) is 9.77. The van der Waals surface area contributed by atoms with Crippen LogP contribution in [0.2, 0.25) is 0 Å². The molecule has 0 unspecified atom stereocenters. The molecule has 0 amide bonds. The Hall–Kier alpha value is -0.120. The molecule has 0 radical (unpaired) electrons. The van der Waals surface area contributed by atoms with Crippen LogP contribution in [0.25, 0.3) is 0 Å². The van der Waals surface area contributed by atoms with Gasteiger partial charge in [0.2, 0.25) is 0 Å². The SMILES string of the molecule is CCCCCCCCCCOCCOCCOC(C)C. The Morgan fingerprint density at radius 3 is 1.70 bits per heavy atom. The zero-order valence-electron chi connectivity index (χ0n) is 14.0. The molecule has 0 aromatic carbocycles. The van der Waals surface area contributed by atoms with Gasteiger partial charge in [-0.15, -0.1) is 0 Å². The number of unbranched alkanes of at least 4 members (excludes halogenated alkanes) is 7. The number of hydrogen-bond donors (Lipinski definition) is 0. The fraction of sp³-hybridized carbons (Fsp3) is 1.00. The maximum atomic E-state index is 5.54. The molecule has 3 heteroatoms. The topological polar surface area (TPSA) is 27.7 Å². The summed E-state index contributed by atoms with van der Waals surface area (Å²) < 4.78 is 16.3. The van der Waals surface area contributed by atoms with Gasteiger partial charge in [0.25, 0.3) is 0 Å². The van der Waals surface area contributed by atoms with Crippen LogP contribution in [0.5, 0.6) is 0 Å². The summed E-state index contributed by atoms with van der Waals surface area (Å²) in [5.41, 5.74) is 0. The third kappa shape index (κ3) is 17.9. The summed E-state index contributed by atoms with van der Waals surface area (Å²) in [4.78, 5) is 0. The molecule has 0 aromatic rings. The molecule has 122 valence electrons. The lowest BCUT2D eigenvalue weighted by molar-refractivity contribution is -0.00185. The minimum Gasteiger partial charge on any atom is -0.379 e. The normalized spacial score (nSPS) is 11.4. The molecule has 0 heterocycles. The van der Waals surface area contributed by atoms with Gasteiger partial charge in [-0.05, 0) is 20.3 Å². The average Bonchev–Trinajstić information content (AvgIpc) is 2.43. The standard InChI is InChI=1S/C17H36O3/c1-4-5-6-7-8-9-10-11-12-18-13-14-19-15-16-20-17(2)3/h17H,4-16H2,1-3H3. The van der Waals surface area contributed by atoms with Crippen molar-refractivity contribution in [2.75, 3.05) is 33.0 Å². The minimum atomic E-state index is 0.289. The molecule has 0 fully saturated rings. The van der Waals surface area contributed by atoms with Crippen LogP contribution in [0.4, 0.5) is 0 Å². The van der Waals surface area contributed by atoms with E-state index < -0.39 is 0 Å². The molecule has 0 spiro atoms. The molecule has 0 aliphatic carbocycles. The van der Waals surface area contributed by atoms with Gasteiger partial charge in [-0.2, -0.15) is 0 Å². The van der Waals surface area contributed by atoms with E-state index in [4.69, 9.17) is 14.2 Å². The smallest absolute Gasteiger partial charge is 0.0703 e. The average molecular weight is 288 g/mol. The van der Waals surface area contributed by atoms with E-state index in [1.807, 2.05) is 13.8 Å². The van der Waals surface area contributed by atoms with E-state index in [1.165, 1.54) is 51.4 Å². The molecule has 3 nitrogen and oxygen atoms in total. The summed E-state index contributed by atoms with van der Waals surface area (Å²) in [6.45, 7) is 9.94. The van der Waals surface area contributed by atoms with E-state index in [2.05, 4.69) is 6.92 Å². The van der Waals surface area contributed by atoms with Gasteiger partial charge in [-0.3, -0.25) is 0 Å². The van der Waals surface area contributed by atoms with Crippen LogP contribution >= 0.6 is 0 Å². The number of rotatable bonds is 16. The van der Waals surface area contributed by atoms with Crippen molar-refractivity contribution in [1.82, 2.24) is 0 Å². The summed E-state index contributed by atoms with van der Waals surface area (Å²) in [6, 6.07) is 0. The van der Waals surface area contributed by atoms with Crippen LogP contribution in [-0.4, -0.2) is 39.1 Å². The van der Waals surface area contributed by atoms with Crippen LogP contribution < -0.4 is 0 Å². The van der Waals surface area contributed by atoms with Gasteiger partial charge in [0.1, 0.15) is 0 Å². The van der Waals surface area contributed by atoms with Crippen molar-refractivity contribution in [1.29, 1.82) is 0 Å². The lowest BCUT2D eigenvalue weighted by Crippen LogP contribution is -2.12. The molecule has 0 aliphatic rings. The van der Waals surface area contributed by atoms with Crippen LogP contribution in [0, 0.1) is 0 Å².